The van der Waals surface area contributed by atoms with E-state index in [2.05, 4.69) is 26.8 Å². The molecule has 346 valence electrons. The minimum atomic E-state index is -4.16. The summed E-state index contributed by atoms with van der Waals surface area (Å²) in [6.07, 6.45) is 1.90. The van der Waals surface area contributed by atoms with Gasteiger partial charge in [0, 0.05) is 58.7 Å². The second-order valence-electron chi connectivity index (χ2n) is 21.3. The largest absolute Gasteiger partial charge is 0.412 e. The molecule has 2 aliphatic rings. The van der Waals surface area contributed by atoms with Crippen molar-refractivity contribution in [2.45, 2.75) is 130 Å². The maximum atomic E-state index is 9.48. The van der Waals surface area contributed by atoms with Gasteiger partial charge in [0.25, 0.3) is 7.92 Å². The summed E-state index contributed by atoms with van der Waals surface area (Å²) < 4.78 is 223. The van der Waals surface area contributed by atoms with Gasteiger partial charge in [-0.15, -0.1) is 4.34 Å². The van der Waals surface area contributed by atoms with Crippen molar-refractivity contribution in [2.75, 3.05) is 0 Å². The second-order valence-corrected chi connectivity index (χ2v) is 22.8. The van der Waals surface area contributed by atoms with Gasteiger partial charge >= 0.3 is 5.65 Å². The van der Waals surface area contributed by atoms with Gasteiger partial charge in [-0.3, -0.25) is 0 Å². The lowest BCUT2D eigenvalue weighted by molar-refractivity contribution is -0.660. The van der Waals surface area contributed by atoms with Crippen LogP contribution in [-0.4, -0.2) is 4.57 Å². The van der Waals surface area contributed by atoms with Gasteiger partial charge in [0.1, 0.15) is 18.1 Å². The van der Waals surface area contributed by atoms with Crippen molar-refractivity contribution >= 4 is 51.5 Å². The van der Waals surface area contributed by atoms with E-state index in [0.717, 1.165) is 28.3 Å². The number of fused-ring (bicyclic) bond motifs is 5. The van der Waals surface area contributed by atoms with Gasteiger partial charge in [-0.2, -0.15) is 4.57 Å². The van der Waals surface area contributed by atoms with E-state index in [1.54, 1.807) is 39.2 Å². The highest BCUT2D eigenvalue weighted by Crippen LogP contribution is 2.52. The first kappa shape index (κ1) is 26.1. The van der Waals surface area contributed by atoms with E-state index < -0.39 is 123 Å². The van der Waals surface area contributed by atoms with E-state index in [9.17, 15) is 15.1 Å². The quantitative estimate of drug-likeness (QED) is 0.0981. The first-order valence-corrected chi connectivity index (χ1v) is 23.9. The molecule has 6 aromatic carbocycles. The number of aryl methyl sites for hydroxylation is 1. The number of nitrogens with zero attached hydrogens (tertiary/aromatic N) is 3. The van der Waals surface area contributed by atoms with E-state index in [0.29, 0.717) is 44.3 Å². The average molecular weight is 939 g/mol. The molecule has 1 atom stereocenters. The number of hydrogen-bond acceptors (Lipinski definition) is 1. The number of aromatic nitrogens is 3. The molecule has 0 saturated heterocycles. The summed E-state index contributed by atoms with van der Waals surface area (Å²) in [6.45, 7) is -6.62. The lowest BCUT2D eigenvalue weighted by Crippen LogP contribution is -2.31. The standard InChI is InChI=1S/C63H70N3OP/c1-59(2,3)41-29-30-52(46(34-41)39-23-18-17-19-24-39)65-53-28-22-26-45-47-35-42(60(4,5)6)36-48(54-33-40(31-32-64(54)16)44-25-20-21-27-50(44)62(10,11)12)57(47)68-66(55(45)53)58(65)49-37-43(61(7,8)9)38-51(56(49)67-68)63(13,14)15/h17-38H,1-16H3/q+2/i7D3,8D3,9D3,13D3,14D3,15D3,17D,18D,19D,23D,24D. The lowest BCUT2D eigenvalue weighted by Gasteiger charge is -2.26. The first-order valence-electron chi connectivity index (χ1n) is 34.2. The smallest absolute Gasteiger partial charge is 0.308 e. The summed E-state index contributed by atoms with van der Waals surface area (Å²) in [5.41, 5.74) is -7.32. The summed E-state index contributed by atoms with van der Waals surface area (Å²) >= 11 is 0. The minimum Gasteiger partial charge on any atom is -0.412 e. The van der Waals surface area contributed by atoms with Crippen LogP contribution in [0.25, 0.3) is 82.7 Å². The molecule has 10 rings (SSSR count). The SMILES string of the molecule is [2H]c1c([2H])c([2H])c(-c2cc(C(C)(C)C)ccc2-n2c3cccc4c5cc(C(C)(C)C)cc(-c6cc(-c7ccccc7C(C)(C)C)cc[n+]6C)c5p5oc6c(C(C([2H])([2H])[2H])(C([2H])([2H])[2H])C([2H])([2H])[2H])cc(C(C([2H])([2H])[2H])(C([2H])([2H])[2H])C([2H])([2H])[2H])cc6c2[n+]-5c43)c([2H])c1[2H]. The van der Waals surface area contributed by atoms with Gasteiger partial charge in [-0.25, -0.2) is 4.57 Å². The maximum Gasteiger partial charge on any atom is 0.308 e. The molecule has 0 saturated carbocycles. The van der Waals surface area contributed by atoms with E-state index in [4.69, 9.17) is 20.6 Å². The first-order chi connectivity index (χ1) is 41.4. The van der Waals surface area contributed by atoms with Crippen LogP contribution in [0.15, 0.2) is 138 Å². The van der Waals surface area contributed by atoms with Gasteiger partial charge in [0.15, 0.2) is 22.8 Å². The van der Waals surface area contributed by atoms with E-state index in [1.807, 2.05) is 108 Å². The molecule has 0 spiro atoms. The molecule has 68 heavy (non-hydrogen) atoms. The Bertz CT molecular complexity index is 4480. The van der Waals surface area contributed by atoms with Crippen molar-refractivity contribution in [3.63, 3.8) is 0 Å². The maximum absolute atomic E-state index is 9.48. The fourth-order valence-corrected chi connectivity index (χ4v) is 11.9. The predicted octanol–water partition coefficient (Wildman–Crippen LogP) is 17.0. The highest BCUT2D eigenvalue weighted by Gasteiger charge is 2.39. The molecule has 0 N–H and O–H groups in total. The van der Waals surface area contributed by atoms with Crippen LogP contribution in [-0.2, 0) is 34.1 Å². The number of imidazole rings is 1. The van der Waals surface area contributed by atoms with Crippen molar-refractivity contribution in [2.24, 2.45) is 7.05 Å². The Hall–Kier alpha value is -5.96. The molecule has 2 aliphatic heterocycles. The van der Waals surface area contributed by atoms with E-state index in [1.165, 1.54) is 0 Å². The van der Waals surface area contributed by atoms with Crippen LogP contribution in [0.3, 0.4) is 0 Å². The fraction of sp³-hybridized carbons (Fsp3) is 0.333. The number of para-hydroxylation sites is 1. The van der Waals surface area contributed by atoms with Crippen LogP contribution >= 0.6 is 7.92 Å². The Labute approximate surface area is 438 Å². The molecule has 2 aromatic heterocycles. The van der Waals surface area contributed by atoms with E-state index in [-0.39, 0.29) is 33.4 Å². The zero-order valence-corrected chi connectivity index (χ0v) is 40.9. The molecule has 0 fully saturated rings. The van der Waals surface area contributed by atoms with E-state index >= 15 is 0 Å². The minimum absolute atomic E-state index is 0.0272. The van der Waals surface area contributed by atoms with Crippen LogP contribution in [0, 0.1) is 0 Å². The van der Waals surface area contributed by atoms with Gasteiger partial charge in [-0.1, -0.05) is 176 Å². The molecule has 0 aliphatic carbocycles. The van der Waals surface area contributed by atoms with Crippen LogP contribution in [0.2, 0.25) is 0 Å². The van der Waals surface area contributed by atoms with Crippen molar-refractivity contribution in [3.8, 4) is 39.2 Å². The molecular formula is C63H70N3OP+2. The Morgan fingerprint density at radius 2 is 1.24 bits per heavy atom. The lowest BCUT2D eigenvalue weighted by atomic mass is 9.79. The molecule has 0 bridgehead atoms. The van der Waals surface area contributed by atoms with Crippen LogP contribution in [0.1, 0.15) is 163 Å². The third kappa shape index (κ3) is 7.50. The molecule has 5 heteroatoms. The van der Waals surface area contributed by atoms with Gasteiger partial charge in [0.2, 0.25) is 5.69 Å². The summed E-state index contributed by atoms with van der Waals surface area (Å²) in [5.74, 6) is 0. The van der Waals surface area contributed by atoms with Crippen LogP contribution < -0.4 is 8.90 Å². The average Bonchev–Trinajstić information content (AvgIpc) is 1.67. The monoisotopic (exact) mass is 939 g/mol. The normalized spacial score (nSPS) is 19.6. The van der Waals surface area contributed by atoms with Crippen molar-refractivity contribution in [1.29, 1.82) is 0 Å². The number of hydrogen-bond donors (Lipinski definition) is 0. The van der Waals surface area contributed by atoms with Gasteiger partial charge in [-0.05, 0) is 108 Å². The molecule has 0 radical (unpaired) electrons. The zero-order chi connectivity index (χ0) is 68.0. The topological polar surface area (TPSA) is 25.8 Å². The Kier molecular flexibility index (Phi) is 5.97. The van der Waals surface area contributed by atoms with Gasteiger partial charge < -0.3 is 4.20 Å². The second kappa shape index (κ2) is 15.5. The summed E-state index contributed by atoms with van der Waals surface area (Å²) in [5, 5.41) is 1.01. The third-order valence-corrected chi connectivity index (χ3v) is 15.2. The van der Waals surface area contributed by atoms with Crippen molar-refractivity contribution in [3.05, 3.63) is 161 Å². The van der Waals surface area contributed by atoms with Crippen LogP contribution in [0.5, 0.6) is 0 Å². The number of benzene rings is 6. The molecular weight excluding hydrogens is 846 g/mol. The summed E-state index contributed by atoms with van der Waals surface area (Å²) in [4.78, 5) is 0. The highest BCUT2D eigenvalue weighted by molar-refractivity contribution is 7.43. The molecule has 0 amide bonds. The Balaban J connectivity index is 1.62. The fourth-order valence-electron chi connectivity index (χ4n) is 9.63. The molecule has 8 aromatic rings. The Morgan fingerprint density at radius 3 is 1.93 bits per heavy atom. The van der Waals surface area contributed by atoms with Crippen molar-refractivity contribution in [1.82, 2.24) is 4.57 Å². The number of pyridine rings is 1. The summed E-state index contributed by atoms with van der Waals surface area (Å²) in [6, 6.07) is 24.4. The van der Waals surface area contributed by atoms with Crippen molar-refractivity contribution < 1.29 is 44.6 Å². The zero-order valence-electron chi connectivity index (χ0n) is 63.0. The Morgan fingerprint density at radius 1 is 0.559 bits per heavy atom. The van der Waals surface area contributed by atoms with Crippen LogP contribution in [0.4, 0.5) is 0 Å². The number of rotatable bonds is 4. The predicted molar refractivity (Wildman–Crippen MR) is 290 cm³/mol. The summed E-state index contributed by atoms with van der Waals surface area (Å²) in [7, 11) is -0.875. The highest BCUT2D eigenvalue weighted by atomic mass is 31.1. The molecule has 4 nitrogen and oxygen atoms in total. The van der Waals surface area contributed by atoms with Gasteiger partial charge in [0.05, 0.1) is 17.5 Å². The third-order valence-electron chi connectivity index (χ3n) is 13.2. The molecule has 4 heterocycles. The molecule has 1 unspecified atom stereocenters.